The van der Waals surface area contributed by atoms with Crippen LogP contribution >= 0.6 is 31.9 Å². The Morgan fingerprint density at radius 3 is 0.650 bits per heavy atom. The van der Waals surface area contributed by atoms with E-state index in [1.54, 1.807) is 35.5 Å². The molecule has 0 bridgehead atoms. The van der Waals surface area contributed by atoms with Gasteiger partial charge in [-0.3, -0.25) is 24.0 Å². The number of Topliss-reactive ketones (excluding diaryl/α,β-unsaturated/α-hetero) is 5. The van der Waals surface area contributed by atoms with Crippen LogP contribution in [0, 0.1) is 205 Å². The van der Waals surface area contributed by atoms with Gasteiger partial charge in [-0.25, -0.2) is 0 Å². The van der Waals surface area contributed by atoms with E-state index < -0.39 is 40.2 Å². The first-order chi connectivity index (χ1) is 64.5. The van der Waals surface area contributed by atoms with Crippen molar-refractivity contribution >= 4 is 66.7 Å². The zero-order chi connectivity index (χ0) is 98.0. The third-order valence-corrected chi connectivity index (χ3v) is 46.5. The monoisotopic (exact) mass is 2070 g/mol. The predicted molar refractivity (Wildman–Crippen MR) is 521 cm³/mol. The first kappa shape index (κ1) is 112. The van der Waals surface area contributed by atoms with E-state index in [-0.39, 0.29) is 105 Å². The van der Waals surface area contributed by atoms with Crippen LogP contribution in [0.1, 0.15) is 330 Å². The summed E-state index contributed by atoms with van der Waals surface area (Å²) in [6.45, 7) is 15.6. The van der Waals surface area contributed by atoms with Gasteiger partial charge in [-0.05, 0) is 471 Å². The van der Waals surface area contributed by atoms with Crippen molar-refractivity contribution in [2.24, 2.45) is 205 Å². The molecule has 7 N–H and O–H groups in total. The van der Waals surface area contributed by atoms with Gasteiger partial charge >= 0.3 is 35.7 Å². The van der Waals surface area contributed by atoms with Crippen LogP contribution in [0.15, 0.2) is 0 Å². The minimum Gasteiger partial charge on any atom is -0.542 e. The molecule has 0 radical (unpaired) electrons. The second-order valence-corrected chi connectivity index (χ2v) is 52.5. The molecule has 0 aliphatic heterocycles. The van der Waals surface area contributed by atoms with Crippen LogP contribution < -0.4 is 34.7 Å². The molecule has 20 saturated carbocycles. The van der Waals surface area contributed by atoms with Crippen molar-refractivity contribution in [2.75, 3.05) is 92.5 Å². The molecule has 25 heteroatoms. The summed E-state index contributed by atoms with van der Waals surface area (Å²) in [7, 11) is 8.48. The molecule has 0 spiro atoms. The third-order valence-electron chi connectivity index (χ3n) is 45.4. The standard InChI is InChI=1S/2C22H35BrO3.2C22H36O4.C22H36O3.C2HF3O2.Na/c4*1-21-9-7-16-15-8-10-22(25,13-26-2)11-14(15)3-4-17(16)18(21)5-6-19(21)20(24)12-23;1-14(23)19-6-7-20-18-5-4-15-12-22(24,13-25-3)11-9-16(15)17(18)8-10-21(19,20)2;3-2(4,5)1(6)7;/h2*14-19,25H,3-13H2,1-2H3;2*14-19,23,25H,3-13H2,1-2H3;15-20,24H,4-13H2,1-3H3;(H,6,7);/q;;;;;;+1/p-1/t14-,15-,16+,17+,18-,19+,21-,22+;14-,15-,16+,17+,18-,19+,21-,22-;14-,15-,16+,17+,18-,19+,21-,22+;14-,15-,16+,17+,18-,19+,21-,22-;15-,16-,17+,18+,19+,20-,21+,22-;;/m00000../s1. The Kier molecular flexibility index (Phi) is 36.8. The molecule has 0 aromatic rings. The number of ketones is 5. The van der Waals surface area contributed by atoms with E-state index in [0.717, 1.165) is 229 Å². The fourth-order valence-electron chi connectivity index (χ4n) is 40.0. The summed E-state index contributed by atoms with van der Waals surface area (Å²) in [5.41, 5.74) is -2.02. The normalized spacial score (nSPS) is 48.5. The van der Waals surface area contributed by atoms with Crippen LogP contribution in [0.4, 0.5) is 13.2 Å². The molecule has 20 aliphatic carbocycles. The Balaban J connectivity index is 0.000000134. The molecule has 20 rings (SSSR count). The van der Waals surface area contributed by atoms with Crippen molar-refractivity contribution in [3.8, 4) is 0 Å². The largest absolute Gasteiger partial charge is 1.00 e. The molecule has 19 nitrogen and oxygen atoms in total. The van der Waals surface area contributed by atoms with Gasteiger partial charge in [0, 0.05) is 65.1 Å². The Bertz CT molecular complexity index is 3710. The molecule has 137 heavy (non-hydrogen) atoms. The topological polar surface area (TPSA) is 313 Å². The summed E-state index contributed by atoms with van der Waals surface area (Å²) in [6.07, 6.45) is 46.1. The van der Waals surface area contributed by atoms with Crippen molar-refractivity contribution in [1.29, 1.82) is 0 Å². The van der Waals surface area contributed by atoms with Gasteiger partial charge in [0.1, 0.15) is 36.5 Å². The van der Waals surface area contributed by atoms with Crippen LogP contribution in [0.5, 0.6) is 0 Å². The summed E-state index contributed by atoms with van der Waals surface area (Å²) >= 11 is 6.84. The van der Waals surface area contributed by atoms with Gasteiger partial charge in [-0.1, -0.05) is 66.5 Å². The average molecular weight is 2070 g/mol. The van der Waals surface area contributed by atoms with Crippen LogP contribution in [0.3, 0.4) is 0 Å². The molecule has 776 valence electrons. The first-order valence-corrected chi connectivity index (χ1v) is 57.0. The van der Waals surface area contributed by atoms with E-state index in [1.807, 2.05) is 6.92 Å². The van der Waals surface area contributed by atoms with Gasteiger partial charge in [0.2, 0.25) is 0 Å². The second kappa shape index (κ2) is 45.1. The molecule has 0 aromatic heterocycles. The van der Waals surface area contributed by atoms with Gasteiger partial charge < -0.3 is 69.3 Å². The predicted octanol–water partition coefficient (Wildman–Crippen LogP) is 16.1. The minimum absolute atomic E-state index is 0. The number of hydrogen-bond donors (Lipinski definition) is 7. The zero-order valence-electron chi connectivity index (χ0n) is 85.9. The maximum absolute atomic E-state index is 12.5. The van der Waals surface area contributed by atoms with Gasteiger partial charge in [-0.15, -0.1) is 0 Å². The Morgan fingerprint density at radius 2 is 0.474 bits per heavy atom. The van der Waals surface area contributed by atoms with Gasteiger partial charge in [0.25, 0.3) is 0 Å². The van der Waals surface area contributed by atoms with Crippen LogP contribution in [-0.2, 0) is 52.5 Å². The van der Waals surface area contributed by atoms with E-state index in [0.29, 0.717) is 108 Å². The van der Waals surface area contributed by atoms with Gasteiger partial charge in [-0.2, -0.15) is 13.2 Å². The fraction of sp³-hybridized carbons (Fsp3) is 0.946. The fourth-order valence-corrected chi connectivity index (χ4v) is 40.8. The summed E-state index contributed by atoms with van der Waals surface area (Å²) in [4.78, 5) is 70.6. The number of rotatable bonds is 19. The molecular weight excluding hydrogens is 1890 g/mol. The molecule has 0 aromatic carbocycles. The number of methoxy groups -OCH3 is 5. The Hall–Kier alpha value is -0.910. The Morgan fingerprint density at radius 1 is 0.292 bits per heavy atom. The molecule has 20 aliphatic rings. The van der Waals surface area contributed by atoms with E-state index in [1.165, 1.54) is 167 Å². The summed E-state index contributed by atoms with van der Waals surface area (Å²) in [5.74, 6) is 18.3. The quantitative estimate of drug-likeness (QED) is 0.0467. The van der Waals surface area contributed by atoms with Crippen molar-refractivity contribution in [2.45, 2.75) is 365 Å². The number of halogens is 5. The number of fused-ring (bicyclic) bond motifs is 25. The third kappa shape index (κ3) is 22.2. The molecule has 0 amide bonds. The number of alkyl halides is 5. The summed E-state index contributed by atoms with van der Waals surface area (Å²) in [5, 5.41) is 82.8. The van der Waals surface area contributed by atoms with Gasteiger partial charge in [0.15, 0.2) is 11.6 Å². The van der Waals surface area contributed by atoms with E-state index in [9.17, 15) is 72.9 Å². The number of carbonyl (C=O) groups is 6. The second-order valence-electron chi connectivity index (χ2n) is 51.4. The van der Waals surface area contributed by atoms with Crippen LogP contribution in [0.2, 0.25) is 0 Å². The van der Waals surface area contributed by atoms with E-state index in [4.69, 9.17) is 33.6 Å². The molecular formula is C112H178Br2F3NaO19. The Labute approximate surface area is 858 Å². The van der Waals surface area contributed by atoms with Crippen molar-refractivity contribution < 1.29 is 136 Å². The van der Waals surface area contributed by atoms with Crippen molar-refractivity contribution in [3.63, 3.8) is 0 Å². The average Bonchev–Trinajstić information content (AvgIpc) is 1.65. The SMILES string of the molecule is COC[C@@]1(O)CC[C@H]2[C@@H](CC[C@@H]3[C@@H]2CC[C@]2(C)[C@@H](C(=O)CBr)CC[C@@H]32)C1.COC[C@@]1(O)CC[C@H]2[C@@H](CC[C@@H]3[C@@H]2CC[C@]2(C)[C@@H](C(=O)CO)CC[C@@H]32)C1.COC[C@]1(O)CC[C@H]2[C@@H](CC[C@@H]3[C@@H]2CC[C@]2(C)[C@@H](C(=O)CBr)CC[C@@H]32)C1.COC[C@]1(O)CC[C@H]2[C@@H](CC[C@@H]3[C@@H]2CC[C@]2(C)[C@@H](C(=O)CO)CC[C@@H]32)C1.COC[C@]1(O)CC[C@H]2[C@@H](CC[C@@H]3[C@@H]2CC[C@]2(C)[C@@H](C(C)=O)CC[C@@H]32)C1.O=C([O-])C(F)(F)F.[Na+]. The number of hydrogen-bond acceptors (Lipinski definition) is 19. The number of carboxylic acids is 1. The van der Waals surface area contributed by atoms with Gasteiger partial charge in [0.05, 0.1) is 71.7 Å². The number of aliphatic hydroxyl groups excluding tert-OH is 2. The molecule has 0 heterocycles. The van der Waals surface area contributed by atoms with E-state index >= 15 is 0 Å². The first-order valence-electron chi connectivity index (χ1n) is 54.8. The number of carboxylic acid groups (broad SMARTS) is 1. The molecule has 0 saturated heterocycles. The van der Waals surface area contributed by atoms with E-state index in [2.05, 4.69) is 66.5 Å². The van der Waals surface area contributed by atoms with Crippen LogP contribution in [-0.4, -0.2) is 197 Å². The van der Waals surface area contributed by atoms with Crippen molar-refractivity contribution in [1.82, 2.24) is 0 Å². The van der Waals surface area contributed by atoms with Crippen molar-refractivity contribution in [3.05, 3.63) is 0 Å². The summed E-state index contributed by atoms with van der Waals surface area (Å²) in [6, 6.07) is 0. The maximum atomic E-state index is 12.5. The number of ether oxygens (including phenoxy) is 5. The minimum atomic E-state index is -5.19. The smallest absolute Gasteiger partial charge is 0.542 e. The molecule has 0 unspecified atom stereocenters. The maximum Gasteiger partial charge on any atom is 1.00 e. The summed E-state index contributed by atoms with van der Waals surface area (Å²) < 4.78 is 58.0. The molecule has 40 atom stereocenters. The number of carbonyl (C=O) groups excluding carboxylic acids is 6. The number of aliphatic hydroxyl groups is 7. The molecule has 20 fully saturated rings. The zero-order valence-corrected chi connectivity index (χ0v) is 91.1. The van der Waals surface area contributed by atoms with Crippen LogP contribution in [0.25, 0.3) is 0 Å². The number of aliphatic carboxylic acids is 1.